The SMILES string of the molecule is Cc1cc(CC(C)N)cc(F)c1CF. The Hall–Kier alpha value is -0.960. The summed E-state index contributed by atoms with van der Waals surface area (Å²) in [5.41, 5.74) is 7.23. The van der Waals surface area contributed by atoms with E-state index in [0.717, 1.165) is 5.56 Å². The molecule has 0 aliphatic rings. The van der Waals surface area contributed by atoms with E-state index < -0.39 is 12.5 Å². The maximum Gasteiger partial charge on any atom is 0.129 e. The quantitative estimate of drug-likeness (QED) is 0.795. The molecular formula is C11H15F2N. The largest absolute Gasteiger partial charge is 0.328 e. The average molecular weight is 199 g/mol. The molecular weight excluding hydrogens is 184 g/mol. The van der Waals surface area contributed by atoms with Crippen LogP contribution in [-0.2, 0) is 13.1 Å². The van der Waals surface area contributed by atoms with Gasteiger partial charge in [-0.1, -0.05) is 6.07 Å². The van der Waals surface area contributed by atoms with Gasteiger partial charge in [0, 0.05) is 11.6 Å². The molecule has 0 amide bonds. The molecule has 0 radical (unpaired) electrons. The molecule has 0 saturated carbocycles. The summed E-state index contributed by atoms with van der Waals surface area (Å²) in [6, 6.07) is 3.15. The minimum atomic E-state index is -0.754. The van der Waals surface area contributed by atoms with Crippen LogP contribution in [0, 0.1) is 12.7 Å². The van der Waals surface area contributed by atoms with E-state index in [9.17, 15) is 8.78 Å². The molecule has 1 aromatic carbocycles. The van der Waals surface area contributed by atoms with Crippen LogP contribution in [0.2, 0.25) is 0 Å². The van der Waals surface area contributed by atoms with Gasteiger partial charge in [0.25, 0.3) is 0 Å². The van der Waals surface area contributed by atoms with E-state index in [1.54, 1.807) is 13.0 Å². The van der Waals surface area contributed by atoms with Crippen molar-refractivity contribution in [2.75, 3.05) is 0 Å². The van der Waals surface area contributed by atoms with Gasteiger partial charge < -0.3 is 5.73 Å². The van der Waals surface area contributed by atoms with E-state index in [0.29, 0.717) is 12.0 Å². The molecule has 0 saturated heterocycles. The zero-order valence-corrected chi connectivity index (χ0v) is 8.48. The van der Waals surface area contributed by atoms with Gasteiger partial charge in [-0.2, -0.15) is 0 Å². The summed E-state index contributed by atoms with van der Waals surface area (Å²) in [7, 11) is 0. The second-order valence-electron chi connectivity index (χ2n) is 3.69. The molecule has 3 heteroatoms. The van der Waals surface area contributed by atoms with Gasteiger partial charge in [-0.15, -0.1) is 0 Å². The Morgan fingerprint density at radius 1 is 1.43 bits per heavy atom. The zero-order chi connectivity index (χ0) is 10.7. The standard InChI is InChI=1S/C11H15F2N/c1-7-3-9(4-8(2)14)5-11(13)10(7)6-12/h3,5,8H,4,6,14H2,1-2H3. The monoisotopic (exact) mass is 199 g/mol. The smallest absolute Gasteiger partial charge is 0.129 e. The zero-order valence-electron chi connectivity index (χ0n) is 8.48. The molecule has 0 bridgehead atoms. The molecule has 0 fully saturated rings. The first-order valence-electron chi connectivity index (χ1n) is 4.64. The van der Waals surface area contributed by atoms with Crippen molar-refractivity contribution in [1.29, 1.82) is 0 Å². The molecule has 2 N–H and O–H groups in total. The Morgan fingerprint density at radius 3 is 2.50 bits per heavy atom. The number of hydrogen-bond donors (Lipinski definition) is 1. The van der Waals surface area contributed by atoms with Crippen molar-refractivity contribution in [3.63, 3.8) is 0 Å². The highest BCUT2D eigenvalue weighted by atomic mass is 19.1. The van der Waals surface area contributed by atoms with Gasteiger partial charge in [0.15, 0.2) is 0 Å². The summed E-state index contributed by atoms with van der Waals surface area (Å²) in [6.07, 6.45) is 0.615. The number of aryl methyl sites for hydroxylation is 1. The summed E-state index contributed by atoms with van der Waals surface area (Å²) in [5.74, 6) is -0.469. The van der Waals surface area contributed by atoms with E-state index >= 15 is 0 Å². The van der Waals surface area contributed by atoms with E-state index in [4.69, 9.17) is 5.73 Å². The topological polar surface area (TPSA) is 26.0 Å². The van der Waals surface area contributed by atoms with Crippen LogP contribution < -0.4 is 5.73 Å². The number of rotatable bonds is 3. The fraction of sp³-hybridized carbons (Fsp3) is 0.455. The first kappa shape index (κ1) is 11.1. The molecule has 78 valence electrons. The fourth-order valence-electron chi connectivity index (χ4n) is 1.50. The van der Waals surface area contributed by atoms with Gasteiger partial charge >= 0.3 is 0 Å². The lowest BCUT2D eigenvalue weighted by molar-refractivity contribution is 0.461. The van der Waals surface area contributed by atoms with E-state index in [1.807, 2.05) is 6.92 Å². The van der Waals surface area contributed by atoms with Crippen molar-refractivity contribution in [1.82, 2.24) is 0 Å². The van der Waals surface area contributed by atoms with Crippen molar-refractivity contribution < 1.29 is 8.78 Å². The number of nitrogens with two attached hydrogens (primary N) is 1. The Morgan fingerprint density at radius 2 is 2.07 bits per heavy atom. The minimum Gasteiger partial charge on any atom is -0.328 e. The number of halogens is 2. The van der Waals surface area contributed by atoms with Crippen LogP contribution in [0.1, 0.15) is 23.6 Å². The molecule has 0 heterocycles. The maximum atomic E-state index is 13.3. The predicted octanol–water partition coefficient (Wildman–Crippen LogP) is 2.49. The lowest BCUT2D eigenvalue weighted by Gasteiger charge is -2.09. The average Bonchev–Trinajstić information content (AvgIpc) is 2.01. The molecule has 14 heavy (non-hydrogen) atoms. The van der Waals surface area contributed by atoms with E-state index in [-0.39, 0.29) is 11.6 Å². The van der Waals surface area contributed by atoms with Crippen LogP contribution in [0.4, 0.5) is 8.78 Å². The Labute approximate surface area is 82.9 Å². The number of alkyl halides is 1. The second kappa shape index (κ2) is 4.51. The molecule has 1 nitrogen and oxygen atoms in total. The van der Waals surface area contributed by atoms with Gasteiger partial charge in [0.05, 0.1) is 0 Å². The lowest BCUT2D eigenvalue weighted by Crippen LogP contribution is -2.18. The summed E-state index contributed by atoms with van der Waals surface area (Å²) in [4.78, 5) is 0. The Balaban J connectivity index is 3.01. The first-order chi connectivity index (χ1) is 6.54. The van der Waals surface area contributed by atoms with Gasteiger partial charge in [0.2, 0.25) is 0 Å². The van der Waals surface area contributed by atoms with Crippen LogP contribution in [-0.4, -0.2) is 6.04 Å². The molecule has 1 aromatic rings. The summed E-state index contributed by atoms with van der Waals surface area (Å²) in [6.45, 7) is 2.81. The Bertz CT molecular complexity index is 298. The van der Waals surface area contributed by atoms with Crippen LogP contribution in [0.3, 0.4) is 0 Å². The normalized spacial score (nSPS) is 12.9. The molecule has 1 atom stereocenters. The van der Waals surface area contributed by atoms with Crippen LogP contribution >= 0.6 is 0 Å². The van der Waals surface area contributed by atoms with E-state index in [2.05, 4.69) is 0 Å². The molecule has 1 rings (SSSR count). The minimum absolute atomic E-state index is 0.00923. The molecule has 1 unspecified atom stereocenters. The third kappa shape index (κ3) is 2.51. The van der Waals surface area contributed by atoms with Crippen LogP contribution in [0.5, 0.6) is 0 Å². The van der Waals surface area contributed by atoms with Gasteiger partial charge in [-0.05, 0) is 37.5 Å². The highest BCUT2D eigenvalue weighted by molar-refractivity contribution is 5.32. The second-order valence-corrected chi connectivity index (χ2v) is 3.69. The molecule has 0 aliphatic heterocycles. The van der Waals surface area contributed by atoms with Crippen LogP contribution in [0.25, 0.3) is 0 Å². The van der Waals surface area contributed by atoms with E-state index in [1.165, 1.54) is 6.07 Å². The molecule has 0 aromatic heterocycles. The number of benzene rings is 1. The maximum absolute atomic E-state index is 13.3. The first-order valence-corrected chi connectivity index (χ1v) is 4.64. The Kier molecular flexibility index (Phi) is 3.58. The van der Waals surface area contributed by atoms with Gasteiger partial charge in [0.1, 0.15) is 12.5 Å². The van der Waals surface area contributed by atoms with Crippen molar-refractivity contribution in [3.8, 4) is 0 Å². The van der Waals surface area contributed by atoms with Crippen molar-refractivity contribution in [2.45, 2.75) is 33.0 Å². The molecule has 0 aliphatic carbocycles. The fourth-order valence-corrected chi connectivity index (χ4v) is 1.50. The van der Waals surface area contributed by atoms with Crippen molar-refractivity contribution in [2.24, 2.45) is 5.73 Å². The predicted molar refractivity (Wildman–Crippen MR) is 53.3 cm³/mol. The third-order valence-corrected chi connectivity index (χ3v) is 2.17. The highest BCUT2D eigenvalue weighted by Crippen LogP contribution is 2.17. The molecule has 0 spiro atoms. The summed E-state index contributed by atoms with van der Waals surface area (Å²) < 4.78 is 25.7. The highest BCUT2D eigenvalue weighted by Gasteiger charge is 2.08. The van der Waals surface area contributed by atoms with Gasteiger partial charge in [-0.25, -0.2) is 8.78 Å². The van der Waals surface area contributed by atoms with Gasteiger partial charge in [-0.3, -0.25) is 0 Å². The van der Waals surface area contributed by atoms with Crippen molar-refractivity contribution in [3.05, 3.63) is 34.6 Å². The summed E-state index contributed by atoms with van der Waals surface area (Å²) >= 11 is 0. The lowest BCUT2D eigenvalue weighted by atomic mass is 10.0. The third-order valence-electron chi connectivity index (χ3n) is 2.17. The number of hydrogen-bond acceptors (Lipinski definition) is 1. The van der Waals surface area contributed by atoms with Crippen molar-refractivity contribution >= 4 is 0 Å². The summed E-state index contributed by atoms with van der Waals surface area (Å²) in [5, 5.41) is 0. The van der Waals surface area contributed by atoms with Crippen LogP contribution in [0.15, 0.2) is 12.1 Å².